The van der Waals surface area contributed by atoms with Crippen LogP contribution in [-0.4, -0.2) is 7.05 Å². The van der Waals surface area contributed by atoms with E-state index in [1.54, 1.807) is 11.1 Å². The van der Waals surface area contributed by atoms with E-state index in [0.717, 1.165) is 11.4 Å². The SMILES string of the molecule is CNC(Cc1ccc2c(c1)CCC2)c1ccc(Cl)cc1. The van der Waals surface area contributed by atoms with Crippen LogP contribution in [0.4, 0.5) is 0 Å². The summed E-state index contributed by atoms with van der Waals surface area (Å²) in [7, 11) is 2.02. The Kier molecular flexibility index (Phi) is 4.09. The number of hydrogen-bond acceptors (Lipinski definition) is 1. The second-order valence-electron chi connectivity index (χ2n) is 5.55. The van der Waals surface area contributed by atoms with Crippen molar-refractivity contribution in [3.63, 3.8) is 0 Å². The molecule has 104 valence electrons. The van der Waals surface area contributed by atoms with Gasteiger partial charge in [-0.1, -0.05) is 41.9 Å². The van der Waals surface area contributed by atoms with Crippen molar-refractivity contribution in [2.24, 2.45) is 0 Å². The summed E-state index contributed by atoms with van der Waals surface area (Å²) in [6.45, 7) is 0. The number of aryl methyl sites for hydroxylation is 2. The number of nitrogens with one attached hydrogen (secondary N) is 1. The third-order valence-corrected chi connectivity index (χ3v) is 4.48. The summed E-state index contributed by atoms with van der Waals surface area (Å²) in [6.07, 6.45) is 4.83. The standard InChI is InChI=1S/C18H20ClN/c1-20-18(15-7-9-17(19)10-8-15)12-13-5-6-14-3-2-4-16(14)11-13/h5-11,18,20H,2-4,12H2,1H3. The van der Waals surface area contributed by atoms with E-state index in [0.29, 0.717) is 6.04 Å². The van der Waals surface area contributed by atoms with E-state index >= 15 is 0 Å². The van der Waals surface area contributed by atoms with Gasteiger partial charge in [-0.05, 0) is 67.1 Å². The molecule has 0 amide bonds. The van der Waals surface area contributed by atoms with Gasteiger partial charge >= 0.3 is 0 Å². The summed E-state index contributed by atoms with van der Waals surface area (Å²) in [5.74, 6) is 0. The van der Waals surface area contributed by atoms with Crippen LogP contribution in [0.5, 0.6) is 0 Å². The Morgan fingerprint density at radius 2 is 1.80 bits per heavy atom. The molecule has 3 rings (SSSR count). The van der Waals surface area contributed by atoms with Crippen molar-refractivity contribution in [2.75, 3.05) is 7.05 Å². The number of rotatable bonds is 4. The van der Waals surface area contributed by atoms with Gasteiger partial charge in [0.1, 0.15) is 0 Å². The summed E-state index contributed by atoms with van der Waals surface area (Å²) < 4.78 is 0. The minimum Gasteiger partial charge on any atom is -0.313 e. The average molecular weight is 286 g/mol. The smallest absolute Gasteiger partial charge is 0.0406 e. The van der Waals surface area contributed by atoms with Gasteiger partial charge in [0.25, 0.3) is 0 Å². The number of likely N-dealkylation sites (N-methyl/N-ethyl adjacent to an activating group) is 1. The van der Waals surface area contributed by atoms with E-state index in [4.69, 9.17) is 11.6 Å². The highest BCUT2D eigenvalue weighted by atomic mass is 35.5. The Labute approximate surface area is 126 Å². The lowest BCUT2D eigenvalue weighted by Crippen LogP contribution is -2.18. The van der Waals surface area contributed by atoms with E-state index in [9.17, 15) is 0 Å². The fourth-order valence-electron chi connectivity index (χ4n) is 3.07. The van der Waals surface area contributed by atoms with Crippen LogP contribution in [0.15, 0.2) is 42.5 Å². The summed E-state index contributed by atoms with van der Waals surface area (Å²) in [6, 6.07) is 15.5. The molecule has 2 aromatic carbocycles. The monoisotopic (exact) mass is 285 g/mol. The Bertz CT molecular complexity index is 589. The molecule has 2 heteroatoms. The lowest BCUT2D eigenvalue weighted by atomic mass is 9.97. The van der Waals surface area contributed by atoms with Gasteiger partial charge < -0.3 is 5.32 Å². The zero-order valence-corrected chi connectivity index (χ0v) is 12.6. The van der Waals surface area contributed by atoms with Gasteiger partial charge in [-0.3, -0.25) is 0 Å². The molecule has 1 nitrogen and oxygen atoms in total. The number of benzene rings is 2. The maximum atomic E-state index is 5.96. The lowest BCUT2D eigenvalue weighted by molar-refractivity contribution is 0.592. The van der Waals surface area contributed by atoms with Crippen LogP contribution in [0.25, 0.3) is 0 Å². The van der Waals surface area contributed by atoms with Crippen molar-refractivity contribution < 1.29 is 0 Å². The van der Waals surface area contributed by atoms with Crippen molar-refractivity contribution >= 4 is 11.6 Å². The maximum absolute atomic E-state index is 5.96. The van der Waals surface area contributed by atoms with Crippen LogP contribution in [0.2, 0.25) is 5.02 Å². The highest BCUT2D eigenvalue weighted by molar-refractivity contribution is 6.30. The summed E-state index contributed by atoms with van der Waals surface area (Å²) in [5.41, 5.74) is 5.80. The van der Waals surface area contributed by atoms with Gasteiger partial charge in [0.2, 0.25) is 0 Å². The topological polar surface area (TPSA) is 12.0 Å². The highest BCUT2D eigenvalue weighted by Gasteiger charge is 2.14. The Balaban J connectivity index is 1.79. The molecule has 1 aliphatic rings. The summed E-state index contributed by atoms with van der Waals surface area (Å²) in [5, 5.41) is 4.20. The van der Waals surface area contributed by atoms with E-state index in [-0.39, 0.29) is 0 Å². The molecule has 20 heavy (non-hydrogen) atoms. The minimum atomic E-state index is 0.340. The van der Waals surface area contributed by atoms with Crippen LogP contribution < -0.4 is 5.32 Å². The second kappa shape index (κ2) is 5.99. The number of halogens is 1. The molecule has 1 N–H and O–H groups in total. The van der Waals surface area contributed by atoms with Crippen LogP contribution in [-0.2, 0) is 19.3 Å². The molecule has 0 fully saturated rings. The molecule has 1 atom stereocenters. The molecule has 0 bridgehead atoms. The van der Waals surface area contributed by atoms with Crippen molar-refractivity contribution in [2.45, 2.75) is 31.7 Å². The molecule has 2 aromatic rings. The predicted octanol–water partition coefficient (Wildman–Crippen LogP) is 4.33. The van der Waals surface area contributed by atoms with Gasteiger partial charge in [-0.15, -0.1) is 0 Å². The maximum Gasteiger partial charge on any atom is 0.0406 e. The molecule has 0 saturated heterocycles. The van der Waals surface area contributed by atoms with E-state index in [1.807, 2.05) is 19.2 Å². The molecular formula is C18H20ClN. The molecule has 1 aliphatic carbocycles. The lowest BCUT2D eigenvalue weighted by Gasteiger charge is -2.17. The van der Waals surface area contributed by atoms with Crippen LogP contribution >= 0.6 is 11.6 Å². The van der Waals surface area contributed by atoms with Crippen molar-refractivity contribution in [1.82, 2.24) is 5.32 Å². The van der Waals surface area contributed by atoms with E-state index in [1.165, 1.54) is 30.4 Å². The Hall–Kier alpha value is -1.31. The van der Waals surface area contributed by atoms with Crippen molar-refractivity contribution in [3.05, 3.63) is 69.7 Å². The first-order chi connectivity index (χ1) is 9.76. The van der Waals surface area contributed by atoms with Crippen molar-refractivity contribution in [1.29, 1.82) is 0 Å². The van der Waals surface area contributed by atoms with E-state index < -0.39 is 0 Å². The molecule has 1 unspecified atom stereocenters. The second-order valence-corrected chi connectivity index (χ2v) is 5.99. The quantitative estimate of drug-likeness (QED) is 0.881. The molecule has 0 radical (unpaired) electrons. The van der Waals surface area contributed by atoms with Gasteiger partial charge in [-0.25, -0.2) is 0 Å². The van der Waals surface area contributed by atoms with Gasteiger partial charge in [0.15, 0.2) is 0 Å². The van der Waals surface area contributed by atoms with E-state index in [2.05, 4.69) is 35.6 Å². The first-order valence-electron chi connectivity index (χ1n) is 7.29. The van der Waals surface area contributed by atoms with Crippen LogP contribution in [0, 0.1) is 0 Å². The molecule has 0 heterocycles. The Morgan fingerprint density at radius 1 is 1.05 bits per heavy atom. The fraction of sp³-hybridized carbons (Fsp3) is 0.333. The zero-order valence-electron chi connectivity index (χ0n) is 11.8. The van der Waals surface area contributed by atoms with Crippen molar-refractivity contribution in [3.8, 4) is 0 Å². The highest BCUT2D eigenvalue weighted by Crippen LogP contribution is 2.26. The molecular weight excluding hydrogens is 266 g/mol. The predicted molar refractivity (Wildman–Crippen MR) is 85.4 cm³/mol. The third kappa shape index (κ3) is 2.89. The van der Waals surface area contributed by atoms with Crippen LogP contribution in [0.1, 0.15) is 34.7 Å². The van der Waals surface area contributed by atoms with Gasteiger partial charge in [0, 0.05) is 11.1 Å². The largest absolute Gasteiger partial charge is 0.313 e. The Morgan fingerprint density at radius 3 is 2.55 bits per heavy atom. The zero-order chi connectivity index (χ0) is 13.9. The van der Waals surface area contributed by atoms with Gasteiger partial charge in [-0.2, -0.15) is 0 Å². The first kappa shape index (κ1) is 13.7. The average Bonchev–Trinajstić information content (AvgIpc) is 2.93. The summed E-state index contributed by atoms with van der Waals surface area (Å²) in [4.78, 5) is 0. The van der Waals surface area contributed by atoms with Gasteiger partial charge in [0.05, 0.1) is 0 Å². The fourth-order valence-corrected chi connectivity index (χ4v) is 3.20. The number of hydrogen-bond donors (Lipinski definition) is 1. The normalized spacial score (nSPS) is 15.1. The molecule has 0 saturated carbocycles. The molecule has 0 spiro atoms. The molecule has 0 aromatic heterocycles. The first-order valence-corrected chi connectivity index (χ1v) is 7.67. The minimum absolute atomic E-state index is 0.340. The summed E-state index contributed by atoms with van der Waals surface area (Å²) >= 11 is 5.96. The van der Waals surface area contributed by atoms with Crippen LogP contribution in [0.3, 0.4) is 0 Å². The molecule has 0 aliphatic heterocycles. The third-order valence-electron chi connectivity index (χ3n) is 4.22. The number of fused-ring (bicyclic) bond motifs is 1.